The van der Waals surface area contributed by atoms with Crippen molar-refractivity contribution in [1.29, 1.82) is 0 Å². The SMILES string of the molecule is CS(=O)(=O)CC1CNCCO1. The quantitative estimate of drug-likeness (QED) is 0.592. The Kier molecular flexibility index (Phi) is 2.86. The summed E-state index contributed by atoms with van der Waals surface area (Å²) in [5.41, 5.74) is 0. The fourth-order valence-corrected chi connectivity index (χ4v) is 1.95. The molecule has 0 aromatic carbocycles. The molecule has 0 bridgehead atoms. The lowest BCUT2D eigenvalue weighted by Crippen LogP contribution is -2.41. The van der Waals surface area contributed by atoms with E-state index in [1.165, 1.54) is 6.26 Å². The standard InChI is InChI=1S/C6H13NO3S/c1-11(8,9)5-6-4-7-2-3-10-6/h6-7H,2-5H2,1H3. The molecule has 1 fully saturated rings. The van der Waals surface area contributed by atoms with Crippen LogP contribution in [0.5, 0.6) is 0 Å². The molecule has 1 N–H and O–H groups in total. The molecule has 0 saturated carbocycles. The maximum Gasteiger partial charge on any atom is 0.150 e. The van der Waals surface area contributed by atoms with Crippen molar-refractivity contribution in [3.63, 3.8) is 0 Å². The molecule has 0 aromatic rings. The second kappa shape index (κ2) is 3.51. The van der Waals surface area contributed by atoms with Gasteiger partial charge in [0.1, 0.15) is 9.84 Å². The third-order valence-corrected chi connectivity index (χ3v) is 2.47. The summed E-state index contributed by atoms with van der Waals surface area (Å²) in [6.07, 6.45) is 1.07. The molecule has 1 aliphatic rings. The smallest absolute Gasteiger partial charge is 0.150 e. The van der Waals surface area contributed by atoms with Crippen LogP contribution in [0.15, 0.2) is 0 Å². The van der Waals surface area contributed by atoms with Gasteiger partial charge in [-0.2, -0.15) is 0 Å². The van der Waals surface area contributed by atoms with Crippen molar-refractivity contribution in [1.82, 2.24) is 5.32 Å². The van der Waals surface area contributed by atoms with Crippen LogP contribution in [0.25, 0.3) is 0 Å². The van der Waals surface area contributed by atoms with Crippen molar-refractivity contribution >= 4 is 9.84 Å². The van der Waals surface area contributed by atoms with Crippen molar-refractivity contribution in [3.8, 4) is 0 Å². The van der Waals surface area contributed by atoms with E-state index >= 15 is 0 Å². The third kappa shape index (κ3) is 3.69. The van der Waals surface area contributed by atoms with E-state index in [1.807, 2.05) is 0 Å². The van der Waals surface area contributed by atoms with Gasteiger partial charge in [-0.25, -0.2) is 8.42 Å². The number of nitrogens with one attached hydrogen (secondary N) is 1. The van der Waals surface area contributed by atoms with Crippen LogP contribution in [0.3, 0.4) is 0 Å². The molecule has 0 radical (unpaired) electrons. The number of ether oxygens (including phenoxy) is 1. The fourth-order valence-electron chi connectivity index (χ4n) is 1.06. The van der Waals surface area contributed by atoms with Crippen LogP contribution in [0.2, 0.25) is 0 Å². The van der Waals surface area contributed by atoms with Gasteiger partial charge in [0.15, 0.2) is 0 Å². The van der Waals surface area contributed by atoms with E-state index in [4.69, 9.17) is 4.74 Å². The molecule has 1 saturated heterocycles. The average molecular weight is 179 g/mol. The lowest BCUT2D eigenvalue weighted by Gasteiger charge is -2.22. The Balaban J connectivity index is 2.36. The molecule has 0 aliphatic carbocycles. The number of rotatable bonds is 2. The first kappa shape index (κ1) is 8.96. The highest BCUT2D eigenvalue weighted by Gasteiger charge is 2.17. The maximum absolute atomic E-state index is 10.8. The van der Waals surface area contributed by atoms with Crippen LogP contribution in [0, 0.1) is 0 Å². The summed E-state index contributed by atoms with van der Waals surface area (Å²) in [6.45, 7) is 2.08. The van der Waals surface area contributed by atoms with Crippen LogP contribution < -0.4 is 5.32 Å². The largest absolute Gasteiger partial charge is 0.375 e. The minimum absolute atomic E-state index is 0.125. The van der Waals surface area contributed by atoms with E-state index in [0.29, 0.717) is 13.2 Å². The molecule has 0 amide bonds. The first-order valence-electron chi connectivity index (χ1n) is 3.58. The predicted molar refractivity (Wildman–Crippen MR) is 42.3 cm³/mol. The highest BCUT2D eigenvalue weighted by atomic mass is 32.2. The van der Waals surface area contributed by atoms with Crippen LogP contribution in [0.4, 0.5) is 0 Å². The minimum atomic E-state index is -2.89. The molecule has 1 rings (SSSR count). The van der Waals surface area contributed by atoms with Crippen molar-refractivity contribution in [2.45, 2.75) is 6.10 Å². The van der Waals surface area contributed by atoms with Gasteiger partial charge in [-0.15, -0.1) is 0 Å². The Morgan fingerprint density at radius 2 is 2.36 bits per heavy atom. The molecule has 0 aromatic heterocycles. The van der Waals surface area contributed by atoms with E-state index in [1.54, 1.807) is 0 Å². The van der Waals surface area contributed by atoms with Gasteiger partial charge in [-0.1, -0.05) is 0 Å². The molecular formula is C6H13NO3S. The molecule has 11 heavy (non-hydrogen) atoms. The second-order valence-electron chi connectivity index (χ2n) is 2.79. The van der Waals surface area contributed by atoms with Gasteiger partial charge >= 0.3 is 0 Å². The summed E-state index contributed by atoms with van der Waals surface area (Å²) < 4.78 is 26.8. The second-order valence-corrected chi connectivity index (χ2v) is 4.97. The number of hydrogen-bond acceptors (Lipinski definition) is 4. The summed E-state index contributed by atoms with van der Waals surface area (Å²) in [6, 6.07) is 0. The van der Waals surface area contributed by atoms with Crippen molar-refractivity contribution < 1.29 is 13.2 Å². The van der Waals surface area contributed by atoms with E-state index in [0.717, 1.165) is 6.54 Å². The topological polar surface area (TPSA) is 55.4 Å². The van der Waals surface area contributed by atoms with E-state index in [-0.39, 0.29) is 11.9 Å². The number of morpholine rings is 1. The van der Waals surface area contributed by atoms with Gasteiger partial charge in [0.2, 0.25) is 0 Å². The van der Waals surface area contributed by atoms with Crippen LogP contribution >= 0.6 is 0 Å². The molecule has 1 aliphatic heterocycles. The zero-order valence-corrected chi connectivity index (χ0v) is 7.36. The maximum atomic E-state index is 10.8. The van der Waals surface area contributed by atoms with E-state index in [2.05, 4.69) is 5.32 Å². The van der Waals surface area contributed by atoms with Gasteiger partial charge in [0.05, 0.1) is 18.5 Å². The average Bonchev–Trinajstić information content (AvgIpc) is 1.85. The van der Waals surface area contributed by atoms with Crippen LogP contribution in [-0.4, -0.2) is 46.2 Å². The molecule has 66 valence electrons. The molecule has 1 heterocycles. The predicted octanol–water partition coefficient (Wildman–Crippen LogP) is -0.981. The molecule has 1 atom stereocenters. The Hall–Kier alpha value is -0.130. The molecule has 4 nitrogen and oxygen atoms in total. The first-order valence-corrected chi connectivity index (χ1v) is 5.64. The van der Waals surface area contributed by atoms with E-state index < -0.39 is 9.84 Å². The fraction of sp³-hybridized carbons (Fsp3) is 1.00. The lowest BCUT2D eigenvalue weighted by molar-refractivity contribution is 0.0431. The van der Waals surface area contributed by atoms with Crippen molar-refractivity contribution in [2.75, 3.05) is 31.7 Å². The summed E-state index contributed by atoms with van der Waals surface area (Å²) in [5.74, 6) is 0.125. The molecule has 1 unspecified atom stereocenters. The summed E-state index contributed by atoms with van der Waals surface area (Å²) >= 11 is 0. The van der Waals surface area contributed by atoms with Gasteiger partial charge in [-0.05, 0) is 0 Å². The third-order valence-electron chi connectivity index (χ3n) is 1.49. The highest BCUT2D eigenvalue weighted by molar-refractivity contribution is 7.90. The zero-order chi connectivity index (χ0) is 8.32. The molecule has 0 spiro atoms. The molecular weight excluding hydrogens is 166 g/mol. The highest BCUT2D eigenvalue weighted by Crippen LogP contribution is 1.99. The Morgan fingerprint density at radius 1 is 1.64 bits per heavy atom. The Morgan fingerprint density at radius 3 is 2.82 bits per heavy atom. The Labute approximate surface area is 66.8 Å². The van der Waals surface area contributed by atoms with Crippen molar-refractivity contribution in [2.24, 2.45) is 0 Å². The molecule has 5 heteroatoms. The van der Waals surface area contributed by atoms with Gasteiger partial charge in [0.25, 0.3) is 0 Å². The zero-order valence-electron chi connectivity index (χ0n) is 6.54. The lowest BCUT2D eigenvalue weighted by atomic mass is 10.3. The van der Waals surface area contributed by atoms with Gasteiger partial charge < -0.3 is 10.1 Å². The summed E-state index contributed by atoms with van der Waals surface area (Å²) in [4.78, 5) is 0. The normalized spacial score (nSPS) is 26.8. The summed E-state index contributed by atoms with van der Waals surface area (Å²) in [7, 11) is -2.89. The van der Waals surface area contributed by atoms with Crippen molar-refractivity contribution in [3.05, 3.63) is 0 Å². The van der Waals surface area contributed by atoms with Gasteiger partial charge in [0, 0.05) is 19.3 Å². The first-order chi connectivity index (χ1) is 5.08. The summed E-state index contributed by atoms with van der Waals surface area (Å²) in [5, 5.41) is 3.07. The number of hydrogen-bond donors (Lipinski definition) is 1. The minimum Gasteiger partial charge on any atom is -0.375 e. The number of sulfone groups is 1. The van der Waals surface area contributed by atoms with Gasteiger partial charge in [-0.3, -0.25) is 0 Å². The Bertz CT molecular complexity index is 206. The van der Waals surface area contributed by atoms with Crippen LogP contribution in [-0.2, 0) is 14.6 Å². The monoisotopic (exact) mass is 179 g/mol. The van der Waals surface area contributed by atoms with Crippen LogP contribution in [0.1, 0.15) is 0 Å². The van der Waals surface area contributed by atoms with E-state index in [9.17, 15) is 8.42 Å².